The maximum absolute atomic E-state index is 12.5. The number of rotatable bonds is 2. The number of alkyl halides is 5. The van der Waals surface area contributed by atoms with Gasteiger partial charge >= 0.3 is 6.18 Å². The third-order valence-corrected chi connectivity index (χ3v) is 1.97. The van der Waals surface area contributed by atoms with Gasteiger partial charge in [0.1, 0.15) is 11.5 Å². The van der Waals surface area contributed by atoms with E-state index in [1.807, 2.05) is 0 Å². The smallest absolute Gasteiger partial charge is 0.383 e. The minimum Gasteiger partial charge on any atom is -0.383 e. The van der Waals surface area contributed by atoms with Crippen molar-refractivity contribution in [1.82, 2.24) is 4.98 Å². The van der Waals surface area contributed by atoms with Gasteiger partial charge in [-0.2, -0.15) is 18.4 Å². The Morgan fingerprint density at radius 1 is 1.41 bits per heavy atom. The van der Waals surface area contributed by atoms with E-state index in [0.717, 1.165) is 0 Å². The summed E-state index contributed by atoms with van der Waals surface area (Å²) in [5.74, 6) is -0.698. The molecule has 0 aliphatic heterocycles. The Labute approximate surface area is 92.7 Å². The van der Waals surface area contributed by atoms with Crippen molar-refractivity contribution in [3.8, 4) is 6.07 Å². The summed E-state index contributed by atoms with van der Waals surface area (Å²) in [6, 6.07) is 1.76. The molecule has 0 radical (unpaired) electrons. The van der Waals surface area contributed by atoms with Crippen LogP contribution >= 0.6 is 0 Å². The lowest BCUT2D eigenvalue weighted by Gasteiger charge is -2.13. The van der Waals surface area contributed by atoms with Crippen LogP contribution in [-0.2, 0) is 12.6 Å². The summed E-state index contributed by atoms with van der Waals surface area (Å²) in [6.45, 7) is 0. The number of nitrogen functional groups attached to an aromatic ring is 1. The van der Waals surface area contributed by atoms with Crippen LogP contribution in [0.1, 0.15) is 23.2 Å². The molecule has 0 aromatic carbocycles. The summed E-state index contributed by atoms with van der Waals surface area (Å²) >= 11 is 0. The molecule has 1 aromatic heterocycles. The van der Waals surface area contributed by atoms with E-state index in [4.69, 9.17) is 11.0 Å². The summed E-state index contributed by atoms with van der Waals surface area (Å²) < 4.78 is 62.0. The van der Waals surface area contributed by atoms with E-state index in [-0.39, 0.29) is 11.6 Å². The van der Waals surface area contributed by atoms with Gasteiger partial charge in [-0.05, 0) is 6.07 Å². The van der Waals surface area contributed by atoms with Gasteiger partial charge in [-0.15, -0.1) is 0 Å². The molecule has 0 saturated carbocycles. The fraction of sp³-hybridized carbons (Fsp3) is 0.333. The van der Waals surface area contributed by atoms with E-state index < -0.39 is 36.1 Å². The highest BCUT2D eigenvalue weighted by atomic mass is 19.4. The summed E-state index contributed by atoms with van der Waals surface area (Å²) in [6.07, 6.45) is -8.52. The first-order valence-corrected chi connectivity index (χ1v) is 4.29. The monoisotopic (exact) mass is 251 g/mol. The number of halogens is 5. The van der Waals surface area contributed by atoms with Crippen LogP contribution in [-0.4, -0.2) is 4.98 Å². The van der Waals surface area contributed by atoms with Crippen molar-refractivity contribution in [1.29, 1.82) is 5.26 Å². The van der Waals surface area contributed by atoms with Crippen LogP contribution in [0.5, 0.6) is 0 Å². The number of nitrogens with two attached hydrogens (primary N) is 1. The van der Waals surface area contributed by atoms with Crippen LogP contribution in [0.2, 0.25) is 0 Å². The van der Waals surface area contributed by atoms with Crippen molar-refractivity contribution in [2.24, 2.45) is 0 Å². The van der Waals surface area contributed by atoms with Crippen molar-refractivity contribution in [3.05, 3.63) is 22.9 Å². The molecule has 0 saturated heterocycles. The molecule has 0 amide bonds. The van der Waals surface area contributed by atoms with Gasteiger partial charge in [0.2, 0.25) is 0 Å². The zero-order valence-electron chi connectivity index (χ0n) is 8.22. The Morgan fingerprint density at radius 3 is 2.41 bits per heavy atom. The van der Waals surface area contributed by atoms with Crippen LogP contribution in [0.3, 0.4) is 0 Å². The quantitative estimate of drug-likeness (QED) is 0.822. The fourth-order valence-electron chi connectivity index (χ4n) is 1.22. The van der Waals surface area contributed by atoms with Crippen LogP contribution in [0.15, 0.2) is 6.07 Å². The van der Waals surface area contributed by atoms with Gasteiger partial charge in [0.15, 0.2) is 0 Å². The molecular formula is C9H6F5N3. The molecule has 0 spiro atoms. The predicted octanol–water partition coefficient (Wildman–Crippen LogP) is 2.69. The predicted molar refractivity (Wildman–Crippen MR) is 47.9 cm³/mol. The molecule has 2 N–H and O–H groups in total. The third kappa shape index (κ3) is 2.81. The fourth-order valence-corrected chi connectivity index (χ4v) is 1.22. The van der Waals surface area contributed by atoms with Crippen LogP contribution in [0, 0.1) is 11.3 Å². The molecule has 1 rings (SSSR count). The molecule has 1 aromatic rings. The van der Waals surface area contributed by atoms with E-state index in [9.17, 15) is 22.0 Å². The lowest BCUT2D eigenvalue weighted by atomic mass is 10.1. The summed E-state index contributed by atoms with van der Waals surface area (Å²) in [7, 11) is 0. The zero-order chi connectivity index (χ0) is 13.2. The molecule has 8 heteroatoms. The van der Waals surface area contributed by atoms with Crippen molar-refractivity contribution >= 4 is 5.82 Å². The summed E-state index contributed by atoms with van der Waals surface area (Å²) in [5, 5.41) is 8.38. The minimum absolute atomic E-state index is 0.216. The molecule has 3 nitrogen and oxygen atoms in total. The number of nitrogens with zero attached hydrogens (tertiary/aromatic N) is 2. The number of nitriles is 1. The van der Waals surface area contributed by atoms with Gasteiger partial charge < -0.3 is 5.73 Å². The number of anilines is 1. The average molecular weight is 251 g/mol. The first-order chi connectivity index (χ1) is 7.77. The van der Waals surface area contributed by atoms with E-state index in [0.29, 0.717) is 0 Å². The van der Waals surface area contributed by atoms with Gasteiger partial charge in [0, 0.05) is 11.1 Å². The molecule has 0 bridgehead atoms. The average Bonchev–Trinajstić information content (AvgIpc) is 2.18. The van der Waals surface area contributed by atoms with Gasteiger partial charge in [-0.3, -0.25) is 0 Å². The SMILES string of the molecule is N#CCc1c(C(F)F)cc(C(F)(F)F)nc1N. The van der Waals surface area contributed by atoms with Crippen LogP contribution in [0.4, 0.5) is 27.8 Å². The Kier molecular flexibility index (Phi) is 3.50. The van der Waals surface area contributed by atoms with Crippen molar-refractivity contribution in [3.63, 3.8) is 0 Å². The topological polar surface area (TPSA) is 62.7 Å². The van der Waals surface area contributed by atoms with Crippen molar-refractivity contribution in [2.75, 3.05) is 5.73 Å². The number of hydrogen-bond acceptors (Lipinski definition) is 3. The standard InChI is InChI=1S/C9H6F5N3/c10-7(11)5-3-6(9(12,13)14)17-8(16)4(5)1-2-15/h3,7H,1H2,(H2,16,17). The minimum atomic E-state index is -4.86. The van der Waals surface area contributed by atoms with Gasteiger partial charge in [0.05, 0.1) is 12.5 Å². The van der Waals surface area contributed by atoms with E-state index in [1.165, 1.54) is 0 Å². The maximum atomic E-state index is 12.5. The van der Waals surface area contributed by atoms with Gasteiger partial charge in [-0.1, -0.05) is 0 Å². The Morgan fingerprint density at radius 2 is 2.00 bits per heavy atom. The first kappa shape index (κ1) is 13.2. The molecule has 0 aliphatic rings. The Balaban J connectivity index is 3.42. The lowest BCUT2D eigenvalue weighted by molar-refractivity contribution is -0.141. The van der Waals surface area contributed by atoms with E-state index in [1.54, 1.807) is 6.07 Å². The van der Waals surface area contributed by atoms with Crippen molar-refractivity contribution in [2.45, 2.75) is 19.0 Å². The second kappa shape index (κ2) is 4.53. The first-order valence-electron chi connectivity index (χ1n) is 4.29. The van der Waals surface area contributed by atoms with E-state index >= 15 is 0 Å². The number of pyridine rings is 1. The lowest BCUT2D eigenvalue weighted by Crippen LogP contribution is -2.13. The molecular weight excluding hydrogens is 245 g/mol. The normalized spacial score (nSPS) is 11.6. The summed E-state index contributed by atoms with van der Waals surface area (Å²) in [4.78, 5) is 2.97. The van der Waals surface area contributed by atoms with Crippen LogP contribution < -0.4 is 5.73 Å². The highest BCUT2D eigenvalue weighted by Crippen LogP contribution is 2.34. The maximum Gasteiger partial charge on any atom is 0.433 e. The summed E-state index contributed by atoms with van der Waals surface area (Å²) in [5.41, 5.74) is 2.38. The number of hydrogen-bond donors (Lipinski definition) is 1. The second-order valence-corrected chi connectivity index (χ2v) is 3.09. The molecule has 92 valence electrons. The molecule has 0 aliphatic carbocycles. The van der Waals surface area contributed by atoms with Crippen LogP contribution in [0.25, 0.3) is 0 Å². The molecule has 0 atom stereocenters. The molecule has 0 unspecified atom stereocenters. The van der Waals surface area contributed by atoms with Gasteiger partial charge in [0.25, 0.3) is 6.43 Å². The number of aromatic nitrogens is 1. The van der Waals surface area contributed by atoms with Crippen molar-refractivity contribution < 1.29 is 22.0 Å². The molecule has 1 heterocycles. The third-order valence-electron chi connectivity index (χ3n) is 1.97. The highest BCUT2D eigenvalue weighted by Gasteiger charge is 2.35. The highest BCUT2D eigenvalue weighted by molar-refractivity contribution is 5.48. The second-order valence-electron chi connectivity index (χ2n) is 3.09. The molecule has 0 fully saturated rings. The Bertz CT molecular complexity index is 461. The van der Waals surface area contributed by atoms with E-state index in [2.05, 4.69) is 4.98 Å². The zero-order valence-corrected chi connectivity index (χ0v) is 8.22. The largest absolute Gasteiger partial charge is 0.433 e. The van der Waals surface area contributed by atoms with Gasteiger partial charge in [-0.25, -0.2) is 13.8 Å². The Hall–Kier alpha value is -1.91. The molecule has 17 heavy (non-hydrogen) atoms.